The van der Waals surface area contributed by atoms with Crippen LogP contribution in [0, 0.1) is 0 Å². The van der Waals surface area contributed by atoms with Crippen molar-refractivity contribution in [3.8, 4) is 0 Å². The number of aromatic nitrogens is 3. The van der Waals surface area contributed by atoms with Gasteiger partial charge in [0.15, 0.2) is 0 Å². The predicted molar refractivity (Wildman–Crippen MR) is 58.5 cm³/mol. The van der Waals surface area contributed by atoms with Crippen LogP contribution in [0.3, 0.4) is 0 Å². The maximum absolute atomic E-state index is 12.0. The Bertz CT molecular complexity index is 375. The highest BCUT2D eigenvalue weighted by Gasteiger charge is 2.27. The van der Waals surface area contributed by atoms with Crippen molar-refractivity contribution in [2.24, 2.45) is 7.05 Å². The summed E-state index contributed by atoms with van der Waals surface area (Å²) in [7, 11) is 1.82. The van der Waals surface area contributed by atoms with Crippen LogP contribution in [-0.2, 0) is 18.4 Å². The molecule has 0 bridgehead atoms. The van der Waals surface area contributed by atoms with Crippen LogP contribution in [0.25, 0.3) is 0 Å². The average Bonchev–Trinajstić information content (AvgIpc) is 2.67. The summed E-state index contributed by atoms with van der Waals surface area (Å²) in [5.74, 6) is 0.166. The van der Waals surface area contributed by atoms with Gasteiger partial charge in [0.2, 0.25) is 5.91 Å². The van der Waals surface area contributed by atoms with Crippen LogP contribution in [-0.4, -0.2) is 44.9 Å². The molecule has 1 amide bonds. The van der Waals surface area contributed by atoms with E-state index in [1.54, 1.807) is 4.68 Å². The van der Waals surface area contributed by atoms with Gasteiger partial charge in [0.25, 0.3) is 0 Å². The maximum atomic E-state index is 12.0. The molecule has 0 spiro atoms. The zero-order chi connectivity index (χ0) is 11.5. The molecule has 1 saturated heterocycles. The van der Waals surface area contributed by atoms with Crippen LogP contribution < -0.4 is 5.32 Å². The van der Waals surface area contributed by atoms with E-state index in [-0.39, 0.29) is 11.9 Å². The van der Waals surface area contributed by atoms with E-state index in [1.807, 2.05) is 25.1 Å². The Labute approximate surface area is 94.6 Å². The van der Waals surface area contributed by atoms with Crippen molar-refractivity contribution in [1.29, 1.82) is 0 Å². The van der Waals surface area contributed by atoms with Gasteiger partial charge in [-0.05, 0) is 6.42 Å². The van der Waals surface area contributed by atoms with Gasteiger partial charge >= 0.3 is 0 Å². The molecule has 1 N–H and O–H groups in total. The molecular weight excluding hydrogens is 206 g/mol. The first-order chi connectivity index (χ1) is 7.70. The van der Waals surface area contributed by atoms with Crippen molar-refractivity contribution in [2.45, 2.75) is 25.9 Å². The zero-order valence-corrected chi connectivity index (χ0v) is 9.68. The SMILES string of the molecule is CCC1NCCN(Cc2cn(C)nn2)C1=O. The number of carbonyl (C=O) groups is 1. The summed E-state index contributed by atoms with van der Waals surface area (Å²) in [6.07, 6.45) is 2.67. The van der Waals surface area contributed by atoms with E-state index in [4.69, 9.17) is 0 Å². The summed E-state index contributed by atoms with van der Waals surface area (Å²) in [6, 6.07) is -0.0366. The Morgan fingerprint density at radius 1 is 1.62 bits per heavy atom. The van der Waals surface area contributed by atoms with Crippen molar-refractivity contribution in [2.75, 3.05) is 13.1 Å². The van der Waals surface area contributed by atoms with Crippen molar-refractivity contribution in [3.63, 3.8) is 0 Å². The molecule has 0 saturated carbocycles. The minimum Gasteiger partial charge on any atom is -0.334 e. The van der Waals surface area contributed by atoms with E-state index in [0.717, 1.165) is 25.2 Å². The molecule has 0 radical (unpaired) electrons. The van der Waals surface area contributed by atoms with Gasteiger partial charge in [-0.1, -0.05) is 12.1 Å². The number of nitrogens with one attached hydrogen (secondary N) is 1. The molecule has 6 heteroatoms. The fourth-order valence-corrected chi connectivity index (χ4v) is 1.93. The third-order valence-electron chi connectivity index (χ3n) is 2.79. The third-order valence-corrected chi connectivity index (χ3v) is 2.79. The number of piperazine rings is 1. The van der Waals surface area contributed by atoms with E-state index in [9.17, 15) is 4.79 Å². The van der Waals surface area contributed by atoms with Gasteiger partial charge in [0, 0.05) is 26.3 Å². The summed E-state index contributed by atoms with van der Waals surface area (Å²) >= 11 is 0. The van der Waals surface area contributed by atoms with Crippen LogP contribution in [0.1, 0.15) is 19.0 Å². The van der Waals surface area contributed by atoms with E-state index in [0.29, 0.717) is 6.54 Å². The number of amides is 1. The Morgan fingerprint density at radius 2 is 2.44 bits per heavy atom. The normalized spacial score (nSPS) is 21.5. The minimum absolute atomic E-state index is 0.0366. The Morgan fingerprint density at radius 3 is 3.06 bits per heavy atom. The second-order valence-corrected chi connectivity index (χ2v) is 4.06. The molecule has 1 aliphatic rings. The molecule has 16 heavy (non-hydrogen) atoms. The molecule has 1 aliphatic heterocycles. The van der Waals surface area contributed by atoms with Crippen molar-refractivity contribution in [1.82, 2.24) is 25.2 Å². The van der Waals surface area contributed by atoms with E-state index in [1.165, 1.54) is 0 Å². The molecule has 1 unspecified atom stereocenters. The smallest absolute Gasteiger partial charge is 0.240 e. The molecule has 1 fully saturated rings. The van der Waals surface area contributed by atoms with Crippen LogP contribution in [0.4, 0.5) is 0 Å². The van der Waals surface area contributed by atoms with Crippen molar-refractivity contribution in [3.05, 3.63) is 11.9 Å². The molecule has 1 aromatic rings. The van der Waals surface area contributed by atoms with Crippen LogP contribution >= 0.6 is 0 Å². The first kappa shape index (κ1) is 11.1. The van der Waals surface area contributed by atoms with Gasteiger partial charge in [-0.15, -0.1) is 5.10 Å². The third kappa shape index (κ3) is 2.21. The molecule has 1 aromatic heterocycles. The number of nitrogens with zero attached hydrogens (tertiary/aromatic N) is 4. The average molecular weight is 223 g/mol. The van der Waals surface area contributed by atoms with E-state index < -0.39 is 0 Å². The highest BCUT2D eigenvalue weighted by molar-refractivity contribution is 5.82. The Balaban J connectivity index is 2.01. The highest BCUT2D eigenvalue weighted by atomic mass is 16.2. The van der Waals surface area contributed by atoms with Crippen LogP contribution in [0.2, 0.25) is 0 Å². The highest BCUT2D eigenvalue weighted by Crippen LogP contribution is 2.08. The summed E-state index contributed by atoms with van der Waals surface area (Å²) in [5.41, 5.74) is 0.840. The lowest BCUT2D eigenvalue weighted by Gasteiger charge is -2.32. The second kappa shape index (κ2) is 4.61. The first-order valence-electron chi connectivity index (χ1n) is 5.58. The van der Waals surface area contributed by atoms with Gasteiger partial charge < -0.3 is 10.2 Å². The summed E-state index contributed by atoms with van der Waals surface area (Å²) in [4.78, 5) is 13.8. The molecule has 2 heterocycles. The monoisotopic (exact) mass is 223 g/mol. The van der Waals surface area contributed by atoms with Crippen LogP contribution in [0.15, 0.2) is 6.20 Å². The second-order valence-electron chi connectivity index (χ2n) is 4.06. The van der Waals surface area contributed by atoms with Gasteiger partial charge in [-0.25, -0.2) is 0 Å². The minimum atomic E-state index is -0.0366. The summed E-state index contributed by atoms with van der Waals surface area (Å²) in [6.45, 7) is 4.17. The molecule has 0 aromatic carbocycles. The molecule has 0 aliphatic carbocycles. The van der Waals surface area contributed by atoms with Crippen molar-refractivity contribution >= 4 is 5.91 Å². The fraction of sp³-hybridized carbons (Fsp3) is 0.700. The number of carbonyl (C=O) groups excluding carboxylic acids is 1. The zero-order valence-electron chi connectivity index (χ0n) is 9.68. The quantitative estimate of drug-likeness (QED) is 0.752. The van der Waals surface area contributed by atoms with E-state index in [2.05, 4.69) is 15.6 Å². The lowest BCUT2D eigenvalue weighted by molar-refractivity contribution is -0.136. The number of hydrogen-bond acceptors (Lipinski definition) is 4. The topological polar surface area (TPSA) is 63.1 Å². The number of hydrogen-bond donors (Lipinski definition) is 1. The van der Waals surface area contributed by atoms with Gasteiger partial charge in [-0.3, -0.25) is 9.48 Å². The van der Waals surface area contributed by atoms with Crippen molar-refractivity contribution < 1.29 is 4.79 Å². The first-order valence-corrected chi connectivity index (χ1v) is 5.58. The standard InChI is InChI=1S/C10H17N5O/c1-3-9-10(16)15(5-4-11-9)7-8-6-14(2)13-12-8/h6,9,11H,3-5,7H2,1-2H3. The fourth-order valence-electron chi connectivity index (χ4n) is 1.93. The Kier molecular flexibility index (Phi) is 3.19. The predicted octanol–water partition coefficient (Wildman–Crippen LogP) is -0.474. The summed E-state index contributed by atoms with van der Waals surface area (Å²) in [5, 5.41) is 11.1. The van der Waals surface area contributed by atoms with Gasteiger partial charge in [0.1, 0.15) is 5.69 Å². The number of aryl methyl sites for hydroxylation is 1. The van der Waals surface area contributed by atoms with Gasteiger partial charge in [-0.2, -0.15) is 0 Å². The number of rotatable bonds is 3. The van der Waals surface area contributed by atoms with E-state index >= 15 is 0 Å². The maximum Gasteiger partial charge on any atom is 0.240 e. The summed E-state index contributed by atoms with van der Waals surface area (Å²) < 4.78 is 1.65. The molecule has 2 rings (SSSR count). The molecule has 6 nitrogen and oxygen atoms in total. The lowest BCUT2D eigenvalue weighted by Crippen LogP contribution is -2.54. The molecule has 1 atom stereocenters. The van der Waals surface area contributed by atoms with Gasteiger partial charge in [0.05, 0.1) is 12.6 Å². The molecule has 88 valence electrons. The largest absolute Gasteiger partial charge is 0.334 e. The Hall–Kier alpha value is -1.43. The van der Waals surface area contributed by atoms with Crippen LogP contribution in [0.5, 0.6) is 0 Å². The lowest BCUT2D eigenvalue weighted by atomic mass is 10.1. The molecular formula is C10H17N5O.